The maximum Gasteiger partial charge on any atom is 0.287 e. The Hall–Kier alpha value is -3.35. The summed E-state index contributed by atoms with van der Waals surface area (Å²) >= 11 is 0. The molecule has 0 aliphatic rings. The van der Waals surface area contributed by atoms with Crippen LogP contribution in [0, 0.1) is 5.92 Å². The molecule has 0 atom stereocenters. The van der Waals surface area contributed by atoms with Crippen LogP contribution in [0.4, 0.5) is 0 Å². The van der Waals surface area contributed by atoms with E-state index < -0.39 is 0 Å². The van der Waals surface area contributed by atoms with Crippen LogP contribution in [0.15, 0.2) is 57.7 Å². The number of nitrogens with one attached hydrogen (secondary N) is 2. The van der Waals surface area contributed by atoms with Crippen molar-refractivity contribution in [1.82, 2.24) is 15.6 Å². The van der Waals surface area contributed by atoms with Crippen molar-refractivity contribution in [2.75, 3.05) is 13.1 Å². The molecule has 3 rings (SSSR count). The maximum absolute atomic E-state index is 12.0. The molecule has 0 fully saturated rings. The minimum Gasteiger partial charge on any atom is -0.459 e. The fraction of sp³-hybridized carbons (Fsp3) is 0.348. The molecule has 158 valence electrons. The first-order chi connectivity index (χ1) is 14.5. The Morgan fingerprint density at radius 3 is 2.53 bits per heavy atom. The Bertz CT molecular complexity index is 943. The van der Waals surface area contributed by atoms with E-state index in [2.05, 4.69) is 41.6 Å². The number of rotatable bonds is 10. The van der Waals surface area contributed by atoms with Gasteiger partial charge in [0, 0.05) is 31.5 Å². The number of aromatic nitrogens is 1. The predicted octanol–water partition coefficient (Wildman–Crippen LogP) is 3.61. The Balaban J connectivity index is 1.38. The van der Waals surface area contributed by atoms with Crippen LogP contribution in [0.2, 0.25) is 0 Å². The zero-order valence-electron chi connectivity index (χ0n) is 17.3. The van der Waals surface area contributed by atoms with Gasteiger partial charge in [-0.3, -0.25) is 9.59 Å². The lowest BCUT2D eigenvalue weighted by atomic mass is 10.0. The summed E-state index contributed by atoms with van der Waals surface area (Å²) in [6.45, 7) is 5.06. The SMILES string of the molecule is CC(C)Cc1ccc(-c2cnc(CCC(=O)NCCNC(=O)c3ccco3)o2)cc1. The van der Waals surface area contributed by atoms with Crippen LogP contribution in [0.3, 0.4) is 0 Å². The Morgan fingerprint density at radius 2 is 1.83 bits per heavy atom. The van der Waals surface area contributed by atoms with Gasteiger partial charge in [0.2, 0.25) is 5.91 Å². The topological polar surface area (TPSA) is 97.4 Å². The number of nitrogens with zero attached hydrogens (tertiary/aromatic N) is 1. The van der Waals surface area contributed by atoms with Gasteiger partial charge in [-0.15, -0.1) is 0 Å². The van der Waals surface area contributed by atoms with E-state index in [1.807, 2.05) is 12.1 Å². The minimum absolute atomic E-state index is 0.125. The summed E-state index contributed by atoms with van der Waals surface area (Å²) in [6, 6.07) is 11.5. The van der Waals surface area contributed by atoms with Gasteiger partial charge in [0.1, 0.15) is 0 Å². The van der Waals surface area contributed by atoms with Crippen LogP contribution < -0.4 is 10.6 Å². The summed E-state index contributed by atoms with van der Waals surface area (Å²) in [5.41, 5.74) is 2.27. The van der Waals surface area contributed by atoms with Crippen molar-refractivity contribution < 1.29 is 18.4 Å². The lowest BCUT2D eigenvalue weighted by Gasteiger charge is -2.06. The molecule has 0 radical (unpaired) electrons. The Kier molecular flexibility index (Phi) is 7.43. The highest BCUT2D eigenvalue weighted by molar-refractivity contribution is 5.91. The number of oxazole rings is 1. The van der Waals surface area contributed by atoms with Crippen LogP contribution in [-0.4, -0.2) is 29.9 Å². The molecule has 2 amide bonds. The number of benzene rings is 1. The molecule has 2 aromatic heterocycles. The van der Waals surface area contributed by atoms with Gasteiger partial charge in [-0.25, -0.2) is 4.98 Å². The molecule has 0 unspecified atom stereocenters. The second kappa shape index (κ2) is 10.4. The summed E-state index contributed by atoms with van der Waals surface area (Å²) in [6.07, 6.45) is 4.85. The van der Waals surface area contributed by atoms with Gasteiger partial charge in [0.25, 0.3) is 5.91 Å². The van der Waals surface area contributed by atoms with Crippen molar-refractivity contribution in [1.29, 1.82) is 0 Å². The smallest absolute Gasteiger partial charge is 0.287 e. The first kappa shape index (κ1) is 21.4. The number of carbonyl (C=O) groups is 2. The molecule has 30 heavy (non-hydrogen) atoms. The summed E-state index contributed by atoms with van der Waals surface area (Å²) in [4.78, 5) is 28.0. The molecule has 2 heterocycles. The Morgan fingerprint density at radius 1 is 1.07 bits per heavy atom. The minimum atomic E-state index is -0.307. The molecule has 0 spiro atoms. The highest BCUT2D eigenvalue weighted by atomic mass is 16.4. The van der Waals surface area contributed by atoms with Crippen LogP contribution in [0.1, 0.15) is 42.3 Å². The molecular formula is C23H27N3O4. The van der Waals surface area contributed by atoms with E-state index in [-0.39, 0.29) is 24.0 Å². The largest absolute Gasteiger partial charge is 0.459 e. The summed E-state index contributed by atoms with van der Waals surface area (Å²) < 4.78 is 10.8. The van der Waals surface area contributed by atoms with E-state index >= 15 is 0 Å². The van der Waals surface area contributed by atoms with E-state index in [9.17, 15) is 9.59 Å². The number of furan rings is 1. The van der Waals surface area contributed by atoms with Crippen molar-refractivity contribution in [2.45, 2.75) is 33.1 Å². The van der Waals surface area contributed by atoms with Crippen molar-refractivity contribution >= 4 is 11.8 Å². The van der Waals surface area contributed by atoms with Gasteiger partial charge in [0.05, 0.1) is 12.5 Å². The average molecular weight is 409 g/mol. The third-order valence-corrected chi connectivity index (χ3v) is 4.48. The lowest BCUT2D eigenvalue weighted by molar-refractivity contribution is -0.121. The number of aryl methyl sites for hydroxylation is 1. The van der Waals surface area contributed by atoms with Gasteiger partial charge < -0.3 is 19.5 Å². The zero-order valence-corrected chi connectivity index (χ0v) is 17.3. The molecule has 0 saturated carbocycles. The van der Waals surface area contributed by atoms with Gasteiger partial charge >= 0.3 is 0 Å². The first-order valence-electron chi connectivity index (χ1n) is 10.1. The van der Waals surface area contributed by atoms with Gasteiger partial charge in [-0.1, -0.05) is 38.1 Å². The highest BCUT2D eigenvalue weighted by Gasteiger charge is 2.10. The van der Waals surface area contributed by atoms with Crippen LogP contribution in [-0.2, 0) is 17.6 Å². The van der Waals surface area contributed by atoms with Crippen molar-refractivity contribution in [3.8, 4) is 11.3 Å². The molecule has 1 aromatic carbocycles. The van der Waals surface area contributed by atoms with E-state index in [1.165, 1.54) is 11.8 Å². The van der Waals surface area contributed by atoms with Crippen LogP contribution in [0.5, 0.6) is 0 Å². The lowest BCUT2D eigenvalue weighted by Crippen LogP contribution is -2.34. The van der Waals surface area contributed by atoms with Gasteiger partial charge in [-0.05, 0) is 30.0 Å². The predicted molar refractivity (Wildman–Crippen MR) is 113 cm³/mol. The number of carbonyl (C=O) groups excluding carboxylic acids is 2. The van der Waals surface area contributed by atoms with E-state index in [0.717, 1.165) is 12.0 Å². The van der Waals surface area contributed by atoms with E-state index in [4.69, 9.17) is 8.83 Å². The third-order valence-electron chi connectivity index (χ3n) is 4.48. The maximum atomic E-state index is 12.0. The van der Waals surface area contributed by atoms with E-state index in [1.54, 1.807) is 18.3 Å². The number of hydrogen-bond donors (Lipinski definition) is 2. The van der Waals surface area contributed by atoms with Crippen LogP contribution >= 0.6 is 0 Å². The third kappa shape index (κ3) is 6.34. The molecule has 7 nitrogen and oxygen atoms in total. The number of amides is 2. The normalized spacial score (nSPS) is 10.9. The first-order valence-corrected chi connectivity index (χ1v) is 10.1. The van der Waals surface area contributed by atoms with Crippen molar-refractivity contribution in [3.63, 3.8) is 0 Å². The number of hydrogen-bond acceptors (Lipinski definition) is 5. The van der Waals surface area contributed by atoms with Crippen LogP contribution in [0.25, 0.3) is 11.3 Å². The molecule has 0 bridgehead atoms. The fourth-order valence-corrected chi connectivity index (χ4v) is 3.02. The molecule has 0 saturated heterocycles. The molecule has 0 aliphatic carbocycles. The quantitative estimate of drug-likeness (QED) is 0.499. The van der Waals surface area contributed by atoms with Gasteiger partial charge in [-0.2, -0.15) is 0 Å². The zero-order chi connectivity index (χ0) is 21.3. The fourth-order valence-electron chi connectivity index (χ4n) is 3.02. The molecule has 3 aromatic rings. The summed E-state index contributed by atoms with van der Waals surface area (Å²) in [5, 5.41) is 5.43. The van der Waals surface area contributed by atoms with Crippen molar-refractivity contribution in [3.05, 3.63) is 66.1 Å². The Labute approximate surface area is 175 Å². The monoisotopic (exact) mass is 409 g/mol. The second-order valence-corrected chi connectivity index (χ2v) is 7.50. The molecule has 2 N–H and O–H groups in total. The van der Waals surface area contributed by atoms with Crippen molar-refractivity contribution in [2.24, 2.45) is 5.92 Å². The molecule has 0 aliphatic heterocycles. The standard InChI is InChI=1S/C23H27N3O4/c1-16(2)14-17-5-7-18(8-6-17)20-15-26-22(30-20)10-9-21(27)24-11-12-25-23(28)19-4-3-13-29-19/h3-8,13,15-16H,9-12,14H2,1-2H3,(H,24,27)(H,25,28). The summed E-state index contributed by atoms with van der Waals surface area (Å²) in [5.74, 6) is 1.65. The second-order valence-electron chi connectivity index (χ2n) is 7.50. The van der Waals surface area contributed by atoms with Gasteiger partial charge in [0.15, 0.2) is 17.4 Å². The molecule has 7 heteroatoms. The summed E-state index contributed by atoms with van der Waals surface area (Å²) in [7, 11) is 0. The molecular weight excluding hydrogens is 382 g/mol. The van der Waals surface area contributed by atoms with E-state index in [0.29, 0.717) is 37.1 Å². The average Bonchev–Trinajstić information content (AvgIpc) is 3.42. The highest BCUT2D eigenvalue weighted by Crippen LogP contribution is 2.22.